The van der Waals surface area contributed by atoms with E-state index in [0.29, 0.717) is 37.3 Å². The van der Waals surface area contributed by atoms with E-state index in [2.05, 4.69) is 39.9 Å². The number of halogens is 1. The van der Waals surface area contributed by atoms with E-state index in [-0.39, 0.29) is 29.9 Å². The molecule has 8 nitrogen and oxygen atoms in total. The SMILES string of the molecule is CCC(CC)c1cc(CNC(=NC)NCCNC(=O)c2ccco2)on1.I. The first-order chi connectivity index (χ1) is 12.7. The summed E-state index contributed by atoms with van der Waals surface area (Å²) in [7, 11) is 1.69. The average Bonchev–Trinajstić information content (AvgIpc) is 3.34. The normalized spacial score (nSPS) is 11.2. The minimum Gasteiger partial charge on any atom is -0.459 e. The van der Waals surface area contributed by atoms with E-state index in [1.165, 1.54) is 6.26 Å². The van der Waals surface area contributed by atoms with Crippen LogP contribution in [0.15, 0.2) is 38.4 Å². The van der Waals surface area contributed by atoms with Crippen LogP contribution in [0.2, 0.25) is 0 Å². The van der Waals surface area contributed by atoms with Gasteiger partial charge in [0.2, 0.25) is 0 Å². The van der Waals surface area contributed by atoms with E-state index in [4.69, 9.17) is 8.94 Å². The molecule has 0 spiro atoms. The lowest BCUT2D eigenvalue weighted by molar-refractivity contribution is 0.0926. The van der Waals surface area contributed by atoms with E-state index in [9.17, 15) is 4.79 Å². The van der Waals surface area contributed by atoms with Crippen molar-refractivity contribution in [2.75, 3.05) is 20.1 Å². The summed E-state index contributed by atoms with van der Waals surface area (Å²) in [6.07, 6.45) is 3.56. The largest absolute Gasteiger partial charge is 0.459 e. The highest BCUT2D eigenvalue weighted by Gasteiger charge is 2.13. The van der Waals surface area contributed by atoms with Crippen molar-refractivity contribution in [3.8, 4) is 0 Å². The van der Waals surface area contributed by atoms with Gasteiger partial charge < -0.3 is 24.9 Å². The molecule has 3 N–H and O–H groups in total. The van der Waals surface area contributed by atoms with Gasteiger partial charge in [-0.15, -0.1) is 24.0 Å². The zero-order valence-corrected chi connectivity index (χ0v) is 18.3. The zero-order valence-electron chi connectivity index (χ0n) is 15.9. The Morgan fingerprint density at radius 3 is 2.59 bits per heavy atom. The Morgan fingerprint density at radius 2 is 1.96 bits per heavy atom. The zero-order chi connectivity index (χ0) is 18.8. The lowest BCUT2D eigenvalue weighted by Gasteiger charge is -2.11. The predicted molar refractivity (Wildman–Crippen MR) is 114 cm³/mol. The molecule has 0 saturated heterocycles. The maximum absolute atomic E-state index is 11.7. The number of carbonyl (C=O) groups is 1. The Balaban J connectivity index is 0.00000364. The molecule has 0 aliphatic rings. The molecule has 0 aliphatic carbocycles. The van der Waals surface area contributed by atoms with Crippen molar-refractivity contribution in [2.24, 2.45) is 4.99 Å². The van der Waals surface area contributed by atoms with Gasteiger partial charge in [0.1, 0.15) is 0 Å². The third-order valence-electron chi connectivity index (χ3n) is 4.08. The Morgan fingerprint density at radius 1 is 1.22 bits per heavy atom. The van der Waals surface area contributed by atoms with Gasteiger partial charge in [-0.3, -0.25) is 9.79 Å². The average molecular weight is 489 g/mol. The first-order valence-electron chi connectivity index (χ1n) is 8.89. The highest BCUT2D eigenvalue weighted by Crippen LogP contribution is 2.22. The van der Waals surface area contributed by atoms with E-state index in [0.717, 1.165) is 24.3 Å². The van der Waals surface area contributed by atoms with Gasteiger partial charge in [-0.1, -0.05) is 19.0 Å². The molecule has 0 aliphatic heterocycles. The van der Waals surface area contributed by atoms with E-state index in [1.54, 1.807) is 19.2 Å². The molecule has 0 aromatic carbocycles. The number of guanidine groups is 1. The van der Waals surface area contributed by atoms with Crippen LogP contribution in [0, 0.1) is 0 Å². The van der Waals surface area contributed by atoms with Gasteiger partial charge in [-0.25, -0.2) is 0 Å². The first-order valence-corrected chi connectivity index (χ1v) is 8.89. The van der Waals surface area contributed by atoms with E-state index in [1.807, 2.05) is 6.07 Å². The minimum atomic E-state index is -0.240. The number of nitrogens with zero attached hydrogens (tertiary/aromatic N) is 2. The van der Waals surface area contributed by atoms with Crippen LogP contribution in [0.4, 0.5) is 0 Å². The third kappa shape index (κ3) is 7.24. The summed E-state index contributed by atoms with van der Waals surface area (Å²) in [4.78, 5) is 15.9. The van der Waals surface area contributed by atoms with Crippen LogP contribution in [0.5, 0.6) is 0 Å². The molecule has 27 heavy (non-hydrogen) atoms. The van der Waals surface area contributed by atoms with Crippen molar-refractivity contribution < 1.29 is 13.7 Å². The van der Waals surface area contributed by atoms with Crippen LogP contribution in [0.1, 0.15) is 54.6 Å². The number of hydrogen-bond acceptors (Lipinski definition) is 5. The second kappa shape index (κ2) is 12.4. The fraction of sp³-hybridized carbons (Fsp3) is 0.500. The molecular weight excluding hydrogens is 461 g/mol. The topological polar surface area (TPSA) is 105 Å². The summed E-state index contributed by atoms with van der Waals surface area (Å²) in [5.41, 5.74) is 0.996. The molecule has 2 rings (SSSR count). The van der Waals surface area contributed by atoms with Crippen molar-refractivity contribution in [1.29, 1.82) is 0 Å². The molecule has 2 heterocycles. The lowest BCUT2D eigenvalue weighted by atomic mass is 9.99. The van der Waals surface area contributed by atoms with Gasteiger partial charge in [0.05, 0.1) is 18.5 Å². The molecule has 150 valence electrons. The maximum atomic E-state index is 11.7. The Bertz CT molecular complexity index is 696. The molecule has 0 radical (unpaired) electrons. The fourth-order valence-electron chi connectivity index (χ4n) is 2.55. The van der Waals surface area contributed by atoms with Crippen LogP contribution in [-0.4, -0.2) is 37.2 Å². The van der Waals surface area contributed by atoms with Crippen molar-refractivity contribution in [2.45, 2.75) is 39.2 Å². The van der Waals surface area contributed by atoms with Crippen molar-refractivity contribution in [3.63, 3.8) is 0 Å². The van der Waals surface area contributed by atoms with Crippen molar-refractivity contribution in [3.05, 3.63) is 41.7 Å². The molecule has 0 atom stereocenters. The molecule has 2 aromatic rings. The summed E-state index contributed by atoms with van der Waals surface area (Å²) >= 11 is 0. The molecule has 2 aromatic heterocycles. The van der Waals surface area contributed by atoms with Gasteiger partial charge in [-0.05, 0) is 25.0 Å². The standard InChI is InChI=1S/C18H27N5O3.HI/c1-4-13(5-2)15-11-14(26-23-15)12-22-18(19-3)21-9-8-20-17(24)16-7-6-10-25-16;/h6-7,10-11,13H,4-5,8-9,12H2,1-3H3,(H,20,24)(H2,19,21,22);1H. The molecule has 0 bridgehead atoms. The number of hydrogen-bond donors (Lipinski definition) is 3. The summed E-state index contributed by atoms with van der Waals surface area (Å²) in [5.74, 6) is 1.88. The number of carbonyl (C=O) groups excluding carboxylic acids is 1. The van der Waals surface area contributed by atoms with E-state index >= 15 is 0 Å². The molecular formula is C18H28IN5O3. The number of nitrogens with one attached hydrogen (secondary N) is 3. The van der Waals surface area contributed by atoms with Crippen LogP contribution < -0.4 is 16.0 Å². The Kier molecular flexibility index (Phi) is 10.5. The molecule has 0 saturated carbocycles. The second-order valence-electron chi connectivity index (χ2n) is 5.82. The van der Waals surface area contributed by atoms with Crippen LogP contribution in [0.25, 0.3) is 0 Å². The lowest BCUT2D eigenvalue weighted by Crippen LogP contribution is -2.41. The highest BCUT2D eigenvalue weighted by molar-refractivity contribution is 14.0. The molecule has 9 heteroatoms. The smallest absolute Gasteiger partial charge is 0.287 e. The van der Waals surface area contributed by atoms with Crippen LogP contribution in [-0.2, 0) is 6.54 Å². The number of furan rings is 1. The summed E-state index contributed by atoms with van der Waals surface area (Å²) in [6, 6.07) is 5.29. The number of aliphatic imine (C=N–C) groups is 1. The van der Waals surface area contributed by atoms with Crippen molar-refractivity contribution in [1.82, 2.24) is 21.1 Å². The third-order valence-corrected chi connectivity index (χ3v) is 4.08. The van der Waals surface area contributed by atoms with Crippen molar-refractivity contribution >= 4 is 35.8 Å². The van der Waals surface area contributed by atoms with Gasteiger partial charge in [-0.2, -0.15) is 0 Å². The van der Waals surface area contributed by atoms with Crippen LogP contribution in [0.3, 0.4) is 0 Å². The number of amides is 1. The Hall–Kier alpha value is -2.04. The number of rotatable bonds is 9. The number of aromatic nitrogens is 1. The second-order valence-corrected chi connectivity index (χ2v) is 5.82. The van der Waals surface area contributed by atoms with Gasteiger partial charge in [0.25, 0.3) is 5.91 Å². The minimum absolute atomic E-state index is 0. The molecule has 1 amide bonds. The molecule has 0 unspecified atom stereocenters. The fourth-order valence-corrected chi connectivity index (χ4v) is 2.55. The Labute approximate surface area is 176 Å². The van der Waals surface area contributed by atoms with Gasteiger partial charge in [0, 0.05) is 32.1 Å². The quantitative estimate of drug-likeness (QED) is 0.217. The molecule has 0 fully saturated rings. The maximum Gasteiger partial charge on any atom is 0.287 e. The monoisotopic (exact) mass is 489 g/mol. The van der Waals surface area contributed by atoms with Crippen LogP contribution >= 0.6 is 24.0 Å². The summed E-state index contributed by atoms with van der Waals surface area (Å²) < 4.78 is 10.4. The predicted octanol–water partition coefficient (Wildman–Crippen LogP) is 2.88. The van der Waals surface area contributed by atoms with Gasteiger partial charge in [0.15, 0.2) is 17.5 Å². The highest BCUT2D eigenvalue weighted by atomic mass is 127. The van der Waals surface area contributed by atoms with E-state index < -0.39 is 0 Å². The van der Waals surface area contributed by atoms with Gasteiger partial charge >= 0.3 is 0 Å². The first kappa shape index (κ1) is 23.0. The summed E-state index contributed by atoms with van der Waals surface area (Å²) in [5, 5.41) is 13.2. The summed E-state index contributed by atoms with van der Waals surface area (Å²) in [6.45, 7) is 5.77.